The van der Waals surface area contributed by atoms with E-state index in [-0.39, 0.29) is 18.0 Å². The maximum atomic E-state index is 14.8. The van der Waals surface area contributed by atoms with Crippen LogP contribution in [0.15, 0.2) is 121 Å². The van der Waals surface area contributed by atoms with Gasteiger partial charge in [0.05, 0.1) is 21.4 Å². The van der Waals surface area contributed by atoms with Crippen LogP contribution in [-0.2, 0) is 0 Å². The molecule has 1 aliphatic carbocycles. The van der Waals surface area contributed by atoms with Crippen molar-refractivity contribution < 1.29 is 4.79 Å². The number of urea groups is 1. The number of nitrogens with two attached hydrogens (primary N) is 1. The molecule has 5 rings (SSSR count). The van der Waals surface area contributed by atoms with Crippen molar-refractivity contribution in [2.24, 2.45) is 11.7 Å². The zero-order chi connectivity index (χ0) is 30.9. The van der Waals surface area contributed by atoms with Crippen LogP contribution in [0.4, 0.5) is 16.2 Å². The van der Waals surface area contributed by atoms with E-state index in [1.54, 1.807) is 9.80 Å². The summed E-state index contributed by atoms with van der Waals surface area (Å²) < 4.78 is 0. The van der Waals surface area contributed by atoms with Crippen LogP contribution >= 0.6 is 23.2 Å². The number of para-hydroxylation sites is 2. The first-order chi connectivity index (χ1) is 21.4. The first-order valence-electron chi connectivity index (χ1n) is 15.5. The Balaban J connectivity index is 1.48. The molecule has 2 N–H and O–H groups in total. The average Bonchev–Trinajstić information content (AvgIpc) is 3.05. The highest BCUT2D eigenvalue weighted by Crippen LogP contribution is 2.35. The van der Waals surface area contributed by atoms with Crippen molar-refractivity contribution in [3.63, 3.8) is 0 Å². The Morgan fingerprint density at radius 2 is 1.25 bits per heavy atom. The zero-order valence-corrected chi connectivity index (χ0v) is 26.6. The van der Waals surface area contributed by atoms with Gasteiger partial charge < -0.3 is 5.73 Å². The van der Waals surface area contributed by atoms with E-state index in [0.29, 0.717) is 46.8 Å². The van der Waals surface area contributed by atoms with Gasteiger partial charge in [-0.05, 0) is 67.0 Å². The van der Waals surface area contributed by atoms with E-state index in [1.807, 2.05) is 60.7 Å². The molecule has 2 amide bonds. The molecule has 0 bridgehead atoms. The van der Waals surface area contributed by atoms with Crippen LogP contribution in [0.2, 0.25) is 10.0 Å². The molecular weight excluding hydrogens is 585 g/mol. The third-order valence-corrected chi connectivity index (χ3v) is 9.33. The third-order valence-electron chi connectivity index (χ3n) is 8.69. The number of benzene rings is 4. The number of amides is 2. The van der Waals surface area contributed by atoms with E-state index in [1.165, 1.54) is 24.0 Å². The van der Waals surface area contributed by atoms with Gasteiger partial charge in [0.1, 0.15) is 0 Å². The molecule has 0 saturated heterocycles. The summed E-state index contributed by atoms with van der Waals surface area (Å²) >= 11 is 13.5. The topological polar surface area (TPSA) is 49.6 Å². The van der Waals surface area contributed by atoms with Crippen LogP contribution in [-0.4, -0.2) is 25.2 Å². The van der Waals surface area contributed by atoms with E-state index >= 15 is 0 Å². The number of hydrogen-bond acceptors (Lipinski definition) is 2. The highest BCUT2D eigenvalue weighted by Gasteiger charge is 2.30. The molecule has 44 heavy (non-hydrogen) atoms. The molecule has 4 nitrogen and oxygen atoms in total. The Bertz CT molecular complexity index is 1490. The van der Waals surface area contributed by atoms with E-state index < -0.39 is 0 Å². The maximum Gasteiger partial charge on any atom is 0.329 e. The van der Waals surface area contributed by atoms with Crippen LogP contribution in [0.25, 0.3) is 0 Å². The molecule has 0 heterocycles. The Morgan fingerprint density at radius 1 is 0.750 bits per heavy atom. The predicted octanol–water partition coefficient (Wildman–Crippen LogP) is 10.1. The van der Waals surface area contributed by atoms with E-state index in [2.05, 4.69) is 55.1 Å². The minimum Gasteiger partial charge on any atom is -0.327 e. The average molecular weight is 627 g/mol. The zero-order valence-electron chi connectivity index (χ0n) is 25.1. The highest BCUT2D eigenvalue weighted by atomic mass is 35.5. The number of carbonyl (C=O) groups is 1. The van der Waals surface area contributed by atoms with E-state index in [0.717, 1.165) is 24.8 Å². The van der Waals surface area contributed by atoms with Gasteiger partial charge >= 0.3 is 6.03 Å². The number of carbonyl (C=O) groups excluding carboxylic acids is 1. The standard InChI is InChI=1S/C38H41Cl2N3O/c1-28(26-31-18-8-11-21-35(31)41)27-43(37-23-13-10-20-34(37)40)38(44)42(36-22-12-9-19-33(36)39)25-24-32(29-14-4-2-5-15-29)30-16-6-3-7-17-30/h2-7,9-10,12-17,19-20,22-23,31-32,35H,1,8,11,18,21,24-27,41H2. The molecule has 2 unspecified atom stereocenters. The first kappa shape index (κ1) is 31.8. The monoisotopic (exact) mass is 625 g/mol. The number of nitrogens with zero attached hydrogens (tertiary/aromatic N) is 2. The van der Waals surface area contributed by atoms with Gasteiger partial charge in [-0.1, -0.05) is 133 Å². The van der Waals surface area contributed by atoms with Gasteiger partial charge in [0.15, 0.2) is 0 Å². The van der Waals surface area contributed by atoms with E-state index in [9.17, 15) is 4.79 Å². The molecule has 1 saturated carbocycles. The predicted molar refractivity (Wildman–Crippen MR) is 186 cm³/mol. The fraction of sp³-hybridized carbons (Fsp3) is 0.289. The quantitative estimate of drug-likeness (QED) is 0.169. The van der Waals surface area contributed by atoms with Gasteiger partial charge in [-0.3, -0.25) is 9.80 Å². The molecule has 1 fully saturated rings. The summed E-state index contributed by atoms with van der Waals surface area (Å²) in [5.74, 6) is 0.461. The molecule has 0 aliphatic heterocycles. The molecule has 4 aromatic carbocycles. The number of rotatable bonds is 11. The molecule has 1 aliphatic rings. The van der Waals surface area contributed by atoms with Crippen molar-refractivity contribution >= 4 is 40.6 Å². The van der Waals surface area contributed by atoms with Crippen molar-refractivity contribution in [1.29, 1.82) is 0 Å². The molecule has 2 atom stereocenters. The molecule has 228 valence electrons. The molecular formula is C38H41Cl2N3O. The van der Waals surface area contributed by atoms with Crippen LogP contribution in [0.5, 0.6) is 0 Å². The second-order valence-corrected chi connectivity index (χ2v) is 12.6. The maximum absolute atomic E-state index is 14.8. The summed E-state index contributed by atoms with van der Waals surface area (Å²) in [6.07, 6.45) is 5.96. The molecule has 6 heteroatoms. The molecule has 0 spiro atoms. The van der Waals surface area contributed by atoms with Crippen LogP contribution in [0.3, 0.4) is 0 Å². The van der Waals surface area contributed by atoms with Crippen molar-refractivity contribution in [2.45, 2.75) is 50.5 Å². The Labute approximate surface area is 272 Å². The van der Waals surface area contributed by atoms with Crippen molar-refractivity contribution in [1.82, 2.24) is 0 Å². The van der Waals surface area contributed by atoms with Gasteiger partial charge in [0.2, 0.25) is 0 Å². The number of halogens is 2. The second-order valence-electron chi connectivity index (χ2n) is 11.7. The largest absolute Gasteiger partial charge is 0.329 e. The number of hydrogen-bond donors (Lipinski definition) is 1. The normalized spacial score (nSPS) is 16.5. The Kier molecular flexibility index (Phi) is 11.2. The van der Waals surface area contributed by atoms with Crippen molar-refractivity contribution in [2.75, 3.05) is 22.9 Å². The minimum absolute atomic E-state index is 0.0895. The second kappa shape index (κ2) is 15.4. The number of anilines is 2. The summed E-state index contributed by atoms with van der Waals surface area (Å²) in [6.45, 7) is 5.21. The summed E-state index contributed by atoms with van der Waals surface area (Å²) in [5.41, 5.74) is 11.2. The summed E-state index contributed by atoms with van der Waals surface area (Å²) in [4.78, 5) is 18.3. The smallest absolute Gasteiger partial charge is 0.327 e. The van der Waals surface area contributed by atoms with Crippen molar-refractivity contribution in [3.8, 4) is 0 Å². The third kappa shape index (κ3) is 7.92. The van der Waals surface area contributed by atoms with Crippen LogP contribution in [0, 0.1) is 5.92 Å². The Morgan fingerprint density at radius 3 is 1.80 bits per heavy atom. The Hall–Kier alpha value is -3.57. The molecule has 0 aromatic heterocycles. The lowest BCUT2D eigenvalue weighted by atomic mass is 9.81. The summed E-state index contributed by atoms with van der Waals surface area (Å²) in [7, 11) is 0. The van der Waals surface area contributed by atoms with E-state index in [4.69, 9.17) is 28.9 Å². The molecule has 4 aromatic rings. The minimum atomic E-state index is -0.194. The van der Waals surface area contributed by atoms with Crippen molar-refractivity contribution in [3.05, 3.63) is 143 Å². The highest BCUT2D eigenvalue weighted by molar-refractivity contribution is 6.35. The lowest BCUT2D eigenvalue weighted by Crippen LogP contribution is -2.46. The summed E-state index contributed by atoms with van der Waals surface area (Å²) in [5, 5.41) is 1.02. The van der Waals surface area contributed by atoms with Crippen LogP contribution < -0.4 is 15.5 Å². The van der Waals surface area contributed by atoms with Gasteiger partial charge in [0, 0.05) is 25.0 Å². The van der Waals surface area contributed by atoms with Gasteiger partial charge in [-0.2, -0.15) is 0 Å². The fourth-order valence-electron chi connectivity index (χ4n) is 6.37. The lowest BCUT2D eigenvalue weighted by molar-refractivity contribution is 0.251. The van der Waals surface area contributed by atoms with Gasteiger partial charge in [0.25, 0.3) is 0 Å². The van der Waals surface area contributed by atoms with Gasteiger partial charge in [-0.25, -0.2) is 4.79 Å². The van der Waals surface area contributed by atoms with Crippen LogP contribution in [0.1, 0.15) is 55.6 Å². The lowest BCUT2D eigenvalue weighted by Gasteiger charge is -2.34. The molecule has 0 radical (unpaired) electrons. The van der Waals surface area contributed by atoms with Gasteiger partial charge in [-0.15, -0.1) is 0 Å². The SMILES string of the molecule is C=C(CC1CCCCC1N)CN(C(=O)N(CCC(c1ccccc1)c1ccccc1)c1ccccc1Cl)c1ccccc1Cl. The fourth-order valence-corrected chi connectivity index (χ4v) is 6.84. The first-order valence-corrected chi connectivity index (χ1v) is 16.3. The summed E-state index contributed by atoms with van der Waals surface area (Å²) in [6, 6.07) is 35.9.